The average molecular weight is 497 g/mol. The smallest absolute Gasteiger partial charge is 0.356 e. The van der Waals surface area contributed by atoms with Crippen molar-refractivity contribution in [3.63, 3.8) is 0 Å². The molecule has 0 saturated carbocycles. The first-order valence-electron chi connectivity index (χ1n) is 11.0. The number of ether oxygens (including phenoxy) is 1. The maximum absolute atomic E-state index is 13.9. The number of alkyl halides is 6. The Kier molecular flexibility index (Phi) is 5.54. The molecule has 35 heavy (non-hydrogen) atoms. The van der Waals surface area contributed by atoms with Gasteiger partial charge in [0, 0.05) is 19.1 Å². The Morgan fingerprint density at radius 3 is 2.37 bits per heavy atom. The lowest BCUT2D eigenvalue weighted by Crippen LogP contribution is -2.29. The lowest BCUT2D eigenvalue weighted by Gasteiger charge is -2.24. The van der Waals surface area contributed by atoms with Crippen LogP contribution in [0.4, 0.5) is 32.0 Å². The molecule has 3 aliphatic rings. The number of halogens is 6. The minimum atomic E-state index is -4.81. The van der Waals surface area contributed by atoms with E-state index in [9.17, 15) is 35.9 Å². The van der Waals surface area contributed by atoms with Gasteiger partial charge in [0.15, 0.2) is 11.6 Å². The van der Waals surface area contributed by atoms with Crippen LogP contribution in [0.25, 0.3) is 0 Å². The Bertz CT molecular complexity index is 1230. The second kappa shape index (κ2) is 8.22. The Balaban J connectivity index is 0.00000304. The molecule has 4 nitrogen and oxygen atoms in total. The molecule has 1 aliphatic carbocycles. The molecule has 10 heteroatoms. The van der Waals surface area contributed by atoms with Crippen molar-refractivity contribution >= 4 is 17.3 Å². The van der Waals surface area contributed by atoms with Crippen molar-refractivity contribution in [3.8, 4) is 0 Å². The van der Waals surface area contributed by atoms with E-state index in [1.54, 1.807) is 4.90 Å². The molecule has 0 radical (unpaired) electrons. The Morgan fingerprint density at radius 2 is 1.77 bits per heavy atom. The zero-order chi connectivity index (χ0) is 25.1. The molecule has 2 heterocycles. The number of hydrogen-bond acceptors (Lipinski definition) is 4. The monoisotopic (exact) mass is 497 g/mol. The van der Waals surface area contributed by atoms with Crippen molar-refractivity contribution in [1.82, 2.24) is 0 Å². The van der Waals surface area contributed by atoms with E-state index in [0.29, 0.717) is 18.7 Å². The highest BCUT2D eigenvalue weighted by Gasteiger charge is 2.43. The number of carbonyl (C=O) groups excluding carboxylic acids is 2. The van der Waals surface area contributed by atoms with Crippen LogP contribution in [0.15, 0.2) is 48.0 Å². The van der Waals surface area contributed by atoms with E-state index in [1.165, 1.54) is 30.3 Å². The number of anilines is 1. The third kappa shape index (κ3) is 4.13. The maximum Gasteiger partial charge on any atom is 0.417 e. The molecule has 186 valence electrons. The Morgan fingerprint density at radius 1 is 1.03 bits per heavy atom. The highest BCUT2D eigenvalue weighted by atomic mass is 19.4. The van der Waals surface area contributed by atoms with E-state index >= 15 is 0 Å². The van der Waals surface area contributed by atoms with Crippen LogP contribution in [-0.4, -0.2) is 30.4 Å². The average Bonchev–Trinajstić information content (AvgIpc) is 3.38. The van der Waals surface area contributed by atoms with Gasteiger partial charge in [0.1, 0.15) is 6.23 Å². The van der Waals surface area contributed by atoms with Crippen LogP contribution >= 0.6 is 0 Å². The van der Waals surface area contributed by atoms with Gasteiger partial charge in [0.05, 0.1) is 29.3 Å². The van der Waals surface area contributed by atoms with Crippen LogP contribution in [0.5, 0.6) is 0 Å². The topological polar surface area (TPSA) is 46.6 Å². The number of fused-ring (bicyclic) bond motifs is 3. The van der Waals surface area contributed by atoms with Crippen molar-refractivity contribution in [1.29, 1.82) is 0 Å². The summed E-state index contributed by atoms with van der Waals surface area (Å²) in [5.74, 6) is -2.08. The van der Waals surface area contributed by atoms with Crippen molar-refractivity contribution < 1.29 is 42.1 Å². The van der Waals surface area contributed by atoms with Gasteiger partial charge in [-0.2, -0.15) is 26.3 Å². The summed E-state index contributed by atoms with van der Waals surface area (Å²) in [4.78, 5) is 27.6. The third-order valence-electron chi connectivity index (χ3n) is 6.73. The molecular weight excluding hydrogens is 476 g/mol. The second-order valence-corrected chi connectivity index (χ2v) is 8.85. The third-order valence-corrected chi connectivity index (χ3v) is 6.73. The molecule has 2 aromatic carbocycles. The van der Waals surface area contributed by atoms with Crippen molar-refractivity contribution in [2.45, 2.75) is 50.3 Å². The van der Waals surface area contributed by atoms with Crippen LogP contribution in [0.3, 0.4) is 0 Å². The molecular formula is C25H21F6NO3. The molecule has 2 aliphatic heterocycles. The van der Waals surface area contributed by atoms with Gasteiger partial charge in [0.25, 0.3) is 0 Å². The minimum absolute atomic E-state index is 0. The molecule has 2 aromatic rings. The highest BCUT2D eigenvalue weighted by Crippen LogP contribution is 2.41. The zero-order valence-corrected chi connectivity index (χ0v) is 18.2. The van der Waals surface area contributed by atoms with E-state index in [4.69, 9.17) is 4.74 Å². The van der Waals surface area contributed by atoms with Gasteiger partial charge in [0.2, 0.25) is 0 Å². The largest absolute Gasteiger partial charge is 0.417 e. The summed E-state index contributed by atoms with van der Waals surface area (Å²) in [5.41, 5.74) is -3.24. The fourth-order valence-corrected chi connectivity index (χ4v) is 5.14. The van der Waals surface area contributed by atoms with Gasteiger partial charge in [-0.15, -0.1) is 0 Å². The van der Waals surface area contributed by atoms with E-state index in [-0.39, 0.29) is 31.2 Å². The molecule has 5 rings (SSSR count). The predicted octanol–water partition coefficient (Wildman–Crippen LogP) is 5.77. The van der Waals surface area contributed by atoms with Gasteiger partial charge in [-0.1, -0.05) is 24.3 Å². The molecule has 0 aromatic heterocycles. The first-order chi connectivity index (χ1) is 16.4. The van der Waals surface area contributed by atoms with Crippen LogP contribution in [-0.2, 0) is 34.7 Å². The van der Waals surface area contributed by atoms with Crippen LogP contribution in [0, 0.1) is 0 Å². The SMILES string of the molecule is O=C(Cc1ccc(N2C3CCC2OC3)cc1C(F)(F)F)C1=CCc2cccc(C(F)(F)F)c2C1=O.[HH]. The van der Waals surface area contributed by atoms with Crippen LogP contribution < -0.4 is 4.90 Å². The van der Waals surface area contributed by atoms with E-state index in [2.05, 4.69) is 0 Å². The highest BCUT2D eigenvalue weighted by molar-refractivity contribution is 6.28. The van der Waals surface area contributed by atoms with Crippen molar-refractivity contribution in [2.75, 3.05) is 11.5 Å². The Labute approximate surface area is 197 Å². The molecule has 2 saturated heterocycles. The van der Waals surface area contributed by atoms with Gasteiger partial charge in [-0.3, -0.25) is 9.59 Å². The summed E-state index contributed by atoms with van der Waals surface area (Å²) in [7, 11) is 0. The summed E-state index contributed by atoms with van der Waals surface area (Å²) in [6, 6.07) is 6.90. The molecule has 2 bridgehead atoms. The summed E-state index contributed by atoms with van der Waals surface area (Å²) in [6.07, 6.45) is -8.03. The molecule has 2 atom stereocenters. The van der Waals surface area contributed by atoms with Gasteiger partial charge in [-0.05, 0) is 48.6 Å². The number of allylic oxidation sites excluding steroid dienone is 2. The number of ketones is 2. The predicted molar refractivity (Wildman–Crippen MR) is 115 cm³/mol. The summed E-state index contributed by atoms with van der Waals surface area (Å²) in [6.45, 7) is 0.434. The van der Waals surface area contributed by atoms with Crippen LogP contribution in [0.1, 0.15) is 46.9 Å². The Hall–Kier alpha value is -3.14. The lowest BCUT2D eigenvalue weighted by molar-refractivity contribution is -0.139. The first-order valence-corrected chi connectivity index (χ1v) is 11.0. The minimum Gasteiger partial charge on any atom is -0.356 e. The van der Waals surface area contributed by atoms with Gasteiger partial charge < -0.3 is 9.64 Å². The summed E-state index contributed by atoms with van der Waals surface area (Å²) in [5, 5.41) is 0. The zero-order valence-electron chi connectivity index (χ0n) is 18.2. The molecule has 0 N–H and O–H groups in total. The molecule has 2 fully saturated rings. The second-order valence-electron chi connectivity index (χ2n) is 8.85. The molecule has 0 amide bonds. The number of hydrogen-bond donors (Lipinski definition) is 0. The number of nitrogens with zero attached hydrogens (tertiary/aromatic N) is 1. The number of carbonyl (C=O) groups is 2. The fraction of sp³-hybridized carbons (Fsp3) is 0.360. The number of rotatable bonds is 4. The number of benzene rings is 2. The fourth-order valence-electron chi connectivity index (χ4n) is 5.14. The van der Waals surface area contributed by atoms with E-state index < -0.39 is 52.6 Å². The maximum atomic E-state index is 13.9. The first kappa shape index (κ1) is 23.6. The quantitative estimate of drug-likeness (QED) is 0.398. The van der Waals surface area contributed by atoms with E-state index in [1.807, 2.05) is 0 Å². The number of Topliss-reactive ketones (excluding diaryl/α,β-unsaturated/α-hetero) is 2. The van der Waals surface area contributed by atoms with Crippen molar-refractivity contribution in [2.24, 2.45) is 0 Å². The van der Waals surface area contributed by atoms with Crippen LogP contribution in [0.2, 0.25) is 0 Å². The lowest BCUT2D eigenvalue weighted by atomic mass is 9.84. The van der Waals surface area contributed by atoms with E-state index in [0.717, 1.165) is 18.6 Å². The van der Waals surface area contributed by atoms with Crippen molar-refractivity contribution in [3.05, 3.63) is 75.9 Å². The van der Waals surface area contributed by atoms with Gasteiger partial charge >= 0.3 is 12.4 Å². The van der Waals surface area contributed by atoms with Gasteiger partial charge in [-0.25, -0.2) is 0 Å². The summed E-state index contributed by atoms with van der Waals surface area (Å²) < 4.78 is 87.6. The molecule has 0 spiro atoms. The molecule has 2 unspecified atom stereocenters. The normalized spacial score (nSPS) is 21.8. The standard InChI is InChI=1S/C25H19F6NO3.H2/c26-24(27,28)18-3-1-2-13-5-8-17(23(34)22(13)18)20(33)10-14-4-6-15(11-19(14)25(29,30)31)32-16-7-9-21(32)35-12-16;/h1-4,6,8,11,16,21H,5,7,9-10,12H2;1H. The summed E-state index contributed by atoms with van der Waals surface area (Å²) >= 11 is 0.